The van der Waals surface area contributed by atoms with E-state index in [1.54, 1.807) is 0 Å². The van der Waals surface area contributed by atoms with E-state index >= 15 is 0 Å². The second-order valence-corrected chi connectivity index (χ2v) is 5.09. The van der Waals surface area contributed by atoms with Gasteiger partial charge in [0.15, 0.2) is 5.78 Å². The predicted octanol–water partition coefficient (Wildman–Crippen LogP) is 4.25. The smallest absolute Gasteiger partial charge is 0.171 e. The molecule has 2 heteroatoms. The van der Waals surface area contributed by atoms with Gasteiger partial charge in [-0.05, 0) is 24.6 Å². The first kappa shape index (κ1) is 12.1. The van der Waals surface area contributed by atoms with Crippen molar-refractivity contribution in [1.29, 1.82) is 0 Å². The summed E-state index contributed by atoms with van der Waals surface area (Å²) in [5, 5.41) is 1.04. The quantitative estimate of drug-likeness (QED) is 0.816. The Morgan fingerprint density at radius 1 is 1.26 bits per heavy atom. The van der Waals surface area contributed by atoms with Gasteiger partial charge in [-0.3, -0.25) is 4.79 Å². The highest BCUT2D eigenvalue weighted by atomic mass is 16.1. The van der Waals surface area contributed by atoms with Gasteiger partial charge in [-0.15, -0.1) is 0 Å². The molecule has 19 heavy (non-hydrogen) atoms. The predicted molar refractivity (Wildman–Crippen MR) is 78.1 cm³/mol. The van der Waals surface area contributed by atoms with E-state index in [1.165, 1.54) is 0 Å². The zero-order valence-corrected chi connectivity index (χ0v) is 11.1. The number of rotatable bonds is 3. The van der Waals surface area contributed by atoms with Gasteiger partial charge in [-0.25, -0.2) is 4.98 Å². The molecule has 1 atom stereocenters. The molecule has 0 saturated carbocycles. The fourth-order valence-electron chi connectivity index (χ4n) is 2.60. The van der Waals surface area contributed by atoms with Crippen molar-refractivity contribution in [3.8, 4) is 0 Å². The number of Topliss-reactive ketones (excluding diaryl/α,β-unsaturated/α-hetero) is 1. The maximum absolute atomic E-state index is 12.5. The third kappa shape index (κ3) is 2.19. The lowest BCUT2D eigenvalue weighted by molar-refractivity contribution is 0.0937. The molecule has 1 heterocycles. The molecule has 1 aliphatic carbocycles. The van der Waals surface area contributed by atoms with Crippen LogP contribution >= 0.6 is 0 Å². The summed E-state index contributed by atoms with van der Waals surface area (Å²) in [6.07, 6.45) is 7.18. The molecule has 0 bridgehead atoms. The largest absolute Gasteiger partial charge is 0.293 e. The maximum atomic E-state index is 12.5. The van der Waals surface area contributed by atoms with E-state index in [1.807, 2.05) is 42.5 Å². The fourth-order valence-corrected chi connectivity index (χ4v) is 2.60. The topological polar surface area (TPSA) is 30.0 Å². The zero-order valence-electron chi connectivity index (χ0n) is 11.1. The number of pyridine rings is 1. The molecule has 0 aliphatic heterocycles. The molecular weight excluding hydrogens is 234 g/mol. The standard InChI is InChI=1S/C17H17NO/c1-2-3-6-12-9-10-16-14(17(12)19)11-13-7-4-5-8-15(13)18-16/h4-5,7-12H,2-3,6H2,1H3. The number of hydrogen-bond acceptors (Lipinski definition) is 2. The third-order valence-corrected chi connectivity index (χ3v) is 3.71. The monoisotopic (exact) mass is 251 g/mol. The van der Waals surface area contributed by atoms with Crippen LogP contribution in [-0.4, -0.2) is 10.8 Å². The second kappa shape index (κ2) is 4.96. The molecule has 0 amide bonds. The molecule has 2 aromatic rings. The molecule has 1 aromatic carbocycles. The molecule has 0 spiro atoms. The molecule has 0 N–H and O–H groups in total. The number of hydrogen-bond donors (Lipinski definition) is 0. The highest BCUT2D eigenvalue weighted by molar-refractivity contribution is 6.06. The summed E-state index contributed by atoms with van der Waals surface area (Å²) < 4.78 is 0. The lowest BCUT2D eigenvalue weighted by Crippen LogP contribution is -2.18. The van der Waals surface area contributed by atoms with Crippen molar-refractivity contribution in [1.82, 2.24) is 4.98 Å². The van der Waals surface area contributed by atoms with Crippen LogP contribution in [0.3, 0.4) is 0 Å². The Balaban J connectivity index is 2.03. The highest BCUT2D eigenvalue weighted by Gasteiger charge is 2.24. The van der Waals surface area contributed by atoms with Crippen molar-refractivity contribution in [2.24, 2.45) is 5.92 Å². The van der Waals surface area contributed by atoms with Crippen LogP contribution in [0.15, 0.2) is 36.4 Å². The average molecular weight is 251 g/mol. The van der Waals surface area contributed by atoms with Crippen LogP contribution in [0.25, 0.3) is 17.0 Å². The van der Waals surface area contributed by atoms with Crippen molar-refractivity contribution >= 4 is 22.8 Å². The highest BCUT2D eigenvalue weighted by Crippen LogP contribution is 2.27. The molecule has 3 rings (SSSR count). The molecule has 96 valence electrons. The van der Waals surface area contributed by atoms with Crippen LogP contribution in [0.2, 0.25) is 0 Å². The van der Waals surface area contributed by atoms with Crippen molar-refractivity contribution < 1.29 is 4.79 Å². The fraction of sp³-hybridized carbons (Fsp3) is 0.294. The van der Waals surface area contributed by atoms with Crippen LogP contribution < -0.4 is 0 Å². The minimum absolute atomic E-state index is 0.0374. The van der Waals surface area contributed by atoms with E-state index in [4.69, 9.17) is 0 Å². The van der Waals surface area contributed by atoms with E-state index < -0.39 is 0 Å². The molecule has 1 aromatic heterocycles. The van der Waals surface area contributed by atoms with Gasteiger partial charge < -0.3 is 0 Å². The first-order chi connectivity index (χ1) is 9.29. The van der Waals surface area contributed by atoms with Gasteiger partial charge in [-0.1, -0.05) is 44.0 Å². The lowest BCUT2D eigenvalue weighted by atomic mass is 9.87. The number of benzene rings is 1. The Hall–Kier alpha value is -1.96. The number of aromatic nitrogens is 1. The van der Waals surface area contributed by atoms with E-state index in [9.17, 15) is 4.79 Å². The van der Waals surface area contributed by atoms with Gasteiger partial charge in [0, 0.05) is 16.9 Å². The Morgan fingerprint density at radius 2 is 2.11 bits per heavy atom. The molecule has 0 fully saturated rings. The molecule has 2 nitrogen and oxygen atoms in total. The minimum atomic E-state index is 0.0374. The van der Waals surface area contributed by atoms with Gasteiger partial charge in [0.2, 0.25) is 0 Å². The van der Waals surface area contributed by atoms with Crippen LogP contribution in [-0.2, 0) is 0 Å². The Bertz CT molecular complexity index is 657. The molecule has 1 unspecified atom stereocenters. The van der Waals surface area contributed by atoms with E-state index in [2.05, 4.69) is 11.9 Å². The summed E-state index contributed by atoms with van der Waals surface area (Å²) in [4.78, 5) is 17.0. The van der Waals surface area contributed by atoms with E-state index in [-0.39, 0.29) is 11.7 Å². The van der Waals surface area contributed by atoms with Crippen molar-refractivity contribution in [3.63, 3.8) is 0 Å². The van der Waals surface area contributed by atoms with Crippen LogP contribution in [0.5, 0.6) is 0 Å². The number of ketones is 1. The van der Waals surface area contributed by atoms with Crippen LogP contribution in [0.4, 0.5) is 0 Å². The normalized spacial score (nSPS) is 17.7. The van der Waals surface area contributed by atoms with Crippen LogP contribution in [0.1, 0.15) is 42.2 Å². The number of carbonyl (C=O) groups is 1. The van der Waals surface area contributed by atoms with Gasteiger partial charge in [0.05, 0.1) is 11.2 Å². The van der Waals surface area contributed by atoms with Crippen molar-refractivity contribution in [2.75, 3.05) is 0 Å². The number of unbranched alkanes of at least 4 members (excludes halogenated alkanes) is 1. The summed E-state index contributed by atoms with van der Waals surface area (Å²) in [7, 11) is 0. The van der Waals surface area contributed by atoms with Gasteiger partial charge in [0.25, 0.3) is 0 Å². The van der Waals surface area contributed by atoms with Crippen molar-refractivity contribution in [2.45, 2.75) is 26.2 Å². The third-order valence-electron chi connectivity index (χ3n) is 3.71. The molecule has 0 saturated heterocycles. The summed E-state index contributed by atoms with van der Waals surface area (Å²) in [5.74, 6) is 0.264. The maximum Gasteiger partial charge on any atom is 0.171 e. The van der Waals surface area contributed by atoms with Gasteiger partial charge >= 0.3 is 0 Å². The Morgan fingerprint density at radius 3 is 2.95 bits per heavy atom. The molecular formula is C17H17NO. The second-order valence-electron chi connectivity index (χ2n) is 5.09. The summed E-state index contributed by atoms with van der Waals surface area (Å²) >= 11 is 0. The first-order valence-corrected chi connectivity index (χ1v) is 6.92. The minimum Gasteiger partial charge on any atom is -0.293 e. The Kier molecular flexibility index (Phi) is 3.16. The first-order valence-electron chi connectivity index (χ1n) is 6.92. The van der Waals surface area contributed by atoms with Gasteiger partial charge in [-0.2, -0.15) is 0 Å². The van der Waals surface area contributed by atoms with E-state index in [0.717, 1.165) is 41.4 Å². The number of carbonyl (C=O) groups excluding carboxylic acids is 1. The summed E-state index contributed by atoms with van der Waals surface area (Å²) in [6.45, 7) is 2.15. The number of nitrogens with zero attached hydrogens (tertiary/aromatic N) is 1. The SMILES string of the molecule is CCCCC1C=Cc2nc3ccccc3cc2C1=O. The van der Waals surface area contributed by atoms with Gasteiger partial charge in [0.1, 0.15) is 0 Å². The number of para-hydroxylation sites is 1. The van der Waals surface area contributed by atoms with E-state index in [0.29, 0.717) is 0 Å². The average Bonchev–Trinajstić information content (AvgIpc) is 2.45. The Labute approximate surface area is 113 Å². The summed E-state index contributed by atoms with van der Waals surface area (Å²) in [5.41, 5.74) is 2.55. The zero-order chi connectivity index (χ0) is 13.2. The molecule has 0 radical (unpaired) electrons. The number of allylic oxidation sites excluding steroid dienone is 1. The van der Waals surface area contributed by atoms with Crippen molar-refractivity contribution in [3.05, 3.63) is 47.7 Å². The number of fused-ring (bicyclic) bond motifs is 2. The lowest BCUT2D eigenvalue weighted by Gasteiger charge is -2.18. The van der Waals surface area contributed by atoms with Crippen LogP contribution in [0, 0.1) is 5.92 Å². The summed E-state index contributed by atoms with van der Waals surface area (Å²) in [6, 6.07) is 9.93. The molecule has 1 aliphatic rings.